The largest absolute Gasteiger partial charge is 0.391 e. The summed E-state index contributed by atoms with van der Waals surface area (Å²) in [7, 11) is -3.49. The first-order valence-electron chi connectivity index (χ1n) is 6.25. The number of aliphatic hydroxyl groups excluding tert-OH is 1. The monoisotopic (exact) mass is 289 g/mol. The zero-order chi connectivity index (χ0) is 13.2. The van der Waals surface area contributed by atoms with E-state index in [2.05, 4.69) is 4.72 Å². The quantitative estimate of drug-likeness (QED) is 0.892. The lowest BCUT2D eigenvalue weighted by atomic mass is 9.96. The molecule has 1 aromatic heterocycles. The van der Waals surface area contributed by atoms with Gasteiger partial charge >= 0.3 is 0 Å². The predicted molar refractivity (Wildman–Crippen MR) is 72.2 cm³/mol. The Bertz CT molecular complexity index is 501. The smallest absolute Gasteiger partial charge is 0.242 e. The SMILES string of the molecule is Cc1csc(CO)c1S(=O)(=O)NC1CCCCC1. The van der Waals surface area contributed by atoms with Crippen molar-refractivity contribution in [3.63, 3.8) is 0 Å². The zero-order valence-corrected chi connectivity index (χ0v) is 12.1. The van der Waals surface area contributed by atoms with Gasteiger partial charge in [0.2, 0.25) is 10.0 Å². The molecule has 4 nitrogen and oxygen atoms in total. The molecule has 1 fully saturated rings. The molecule has 1 aromatic rings. The Kier molecular flexibility index (Phi) is 4.42. The fourth-order valence-electron chi connectivity index (χ4n) is 2.46. The Morgan fingerprint density at radius 3 is 2.67 bits per heavy atom. The summed E-state index contributed by atoms with van der Waals surface area (Å²) < 4.78 is 27.5. The van der Waals surface area contributed by atoms with Crippen LogP contribution >= 0.6 is 11.3 Å². The van der Waals surface area contributed by atoms with Crippen LogP contribution in [0.2, 0.25) is 0 Å². The van der Waals surface area contributed by atoms with Crippen LogP contribution in [0, 0.1) is 6.92 Å². The Hall–Kier alpha value is -0.430. The molecule has 0 amide bonds. The van der Waals surface area contributed by atoms with Crippen molar-refractivity contribution < 1.29 is 13.5 Å². The first-order valence-corrected chi connectivity index (χ1v) is 8.61. The van der Waals surface area contributed by atoms with Gasteiger partial charge in [-0.25, -0.2) is 13.1 Å². The lowest BCUT2D eigenvalue weighted by Gasteiger charge is -2.22. The van der Waals surface area contributed by atoms with E-state index >= 15 is 0 Å². The van der Waals surface area contributed by atoms with Crippen LogP contribution in [0.15, 0.2) is 10.3 Å². The maximum Gasteiger partial charge on any atom is 0.242 e. The highest BCUT2D eigenvalue weighted by Gasteiger charge is 2.26. The van der Waals surface area contributed by atoms with Gasteiger partial charge in [-0.3, -0.25) is 0 Å². The third-order valence-electron chi connectivity index (χ3n) is 3.33. The van der Waals surface area contributed by atoms with E-state index in [4.69, 9.17) is 0 Å². The summed E-state index contributed by atoms with van der Waals surface area (Å²) in [6.45, 7) is 1.55. The first-order chi connectivity index (χ1) is 8.54. The number of thiophene rings is 1. The van der Waals surface area contributed by atoms with E-state index in [0.717, 1.165) is 25.7 Å². The molecule has 2 N–H and O–H groups in total. The average Bonchev–Trinajstić information content (AvgIpc) is 2.72. The van der Waals surface area contributed by atoms with Crippen LogP contribution in [0.25, 0.3) is 0 Å². The highest BCUT2D eigenvalue weighted by Crippen LogP contribution is 2.28. The summed E-state index contributed by atoms with van der Waals surface area (Å²) in [6.07, 6.45) is 5.19. The highest BCUT2D eigenvalue weighted by atomic mass is 32.2. The molecular formula is C12H19NO3S2. The van der Waals surface area contributed by atoms with Crippen LogP contribution in [-0.2, 0) is 16.6 Å². The van der Waals surface area contributed by atoms with Gasteiger partial charge in [0, 0.05) is 6.04 Å². The molecule has 0 bridgehead atoms. The lowest BCUT2D eigenvalue weighted by Crippen LogP contribution is -2.36. The second kappa shape index (κ2) is 5.69. The number of hydrogen-bond donors (Lipinski definition) is 2. The molecule has 0 aliphatic heterocycles. The van der Waals surface area contributed by atoms with Crippen molar-refractivity contribution in [1.82, 2.24) is 4.72 Å². The Morgan fingerprint density at radius 1 is 1.39 bits per heavy atom. The molecule has 0 unspecified atom stereocenters. The standard InChI is InChI=1S/C12H19NO3S2/c1-9-8-17-11(7-14)12(9)18(15,16)13-10-5-3-2-4-6-10/h8,10,13-14H,2-7H2,1H3. The predicted octanol–water partition coefficient (Wildman–Crippen LogP) is 2.16. The molecule has 2 rings (SSSR count). The van der Waals surface area contributed by atoms with Crippen LogP contribution in [-0.4, -0.2) is 19.6 Å². The second-order valence-electron chi connectivity index (χ2n) is 4.79. The van der Waals surface area contributed by atoms with Gasteiger partial charge in [0.25, 0.3) is 0 Å². The van der Waals surface area contributed by atoms with E-state index < -0.39 is 10.0 Å². The van der Waals surface area contributed by atoms with Crippen molar-refractivity contribution in [2.75, 3.05) is 0 Å². The highest BCUT2D eigenvalue weighted by molar-refractivity contribution is 7.89. The molecule has 0 spiro atoms. The van der Waals surface area contributed by atoms with Crippen LogP contribution in [0.1, 0.15) is 42.5 Å². The summed E-state index contributed by atoms with van der Waals surface area (Å²) in [5.74, 6) is 0. The molecule has 6 heteroatoms. The zero-order valence-electron chi connectivity index (χ0n) is 10.5. The van der Waals surface area contributed by atoms with E-state index in [0.29, 0.717) is 10.4 Å². The number of hydrogen-bond acceptors (Lipinski definition) is 4. The number of sulfonamides is 1. The fraction of sp³-hybridized carbons (Fsp3) is 0.667. The van der Waals surface area contributed by atoms with Gasteiger partial charge in [-0.1, -0.05) is 19.3 Å². The maximum absolute atomic E-state index is 12.3. The summed E-state index contributed by atoms with van der Waals surface area (Å²) in [5.41, 5.74) is 0.715. The van der Waals surface area contributed by atoms with Crippen molar-refractivity contribution in [2.24, 2.45) is 0 Å². The average molecular weight is 289 g/mol. The van der Waals surface area contributed by atoms with Crippen molar-refractivity contribution in [1.29, 1.82) is 0 Å². The Labute approximate surface area is 112 Å². The summed E-state index contributed by atoms with van der Waals surface area (Å²) >= 11 is 1.30. The molecule has 18 heavy (non-hydrogen) atoms. The lowest BCUT2D eigenvalue weighted by molar-refractivity contribution is 0.282. The molecule has 0 radical (unpaired) electrons. The van der Waals surface area contributed by atoms with Gasteiger partial charge in [-0.2, -0.15) is 0 Å². The summed E-state index contributed by atoms with van der Waals surface area (Å²) in [4.78, 5) is 0.802. The number of aliphatic hydroxyl groups is 1. The topological polar surface area (TPSA) is 66.4 Å². The van der Waals surface area contributed by atoms with Crippen molar-refractivity contribution in [2.45, 2.75) is 56.6 Å². The van der Waals surface area contributed by atoms with Crippen LogP contribution < -0.4 is 4.72 Å². The molecule has 0 atom stereocenters. The molecular weight excluding hydrogens is 270 g/mol. The summed E-state index contributed by atoms with van der Waals surface area (Å²) in [6, 6.07) is 0.0505. The van der Waals surface area contributed by atoms with Gasteiger partial charge in [0.15, 0.2) is 0 Å². The molecule has 1 saturated carbocycles. The van der Waals surface area contributed by atoms with E-state index in [9.17, 15) is 13.5 Å². The molecule has 0 aromatic carbocycles. The molecule has 102 valence electrons. The molecule has 1 heterocycles. The van der Waals surface area contributed by atoms with Crippen molar-refractivity contribution in [3.05, 3.63) is 15.8 Å². The Balaban J connectivity index is 2.21. The Morgan fingerprint density at radius 2 is 2.06 bits per heavy atom. The minimum absolute atomic E-state index is 0.0505. The molecule has 1 aliphatic rings. The first kappa shape index (κ1) is 14.0. The number of aryl methyl sites for hydroxylation is 1. The molecule has 0 saturated heterocycles. The third kappa shape index (κ3) is 2.93. The van der Waals surface area contributed by atoms with Crippen molar-refractivity contribution in [3.8, 4) is 0 Å². The van der Waals surface area contributed by atoms with Crippen LogP contribution in [0.3, 0.4) is 0 Å². The maximum atomic E-state index is 12.3. The van der Waals surface area contributed by atoms with E-state index in [1.54, 1.807) is 12.3 Å². The van der Waals surface area contributed by atoms with Gasteiger partial charge in [0.1, 0.15) is 4.90 Å². The van der Waals surface area contributed by atoms with Crippen LogP contribution in [0.4, 0.5) is 0 Å². The van der Waals surface area contributed by atoms with Gasteiger partial charge in [-0.15, -0.1) is 11.3 Å². The van der Waals surface area contributed by atoms with Crippen molar-refractivity contribution >= 4 is 21.4 Å². The van der Waals surface area contributed by atoms with Gasteiger partial charge in [0.05, 0.1) is 11.5 Å². The number of rotatable bonds is 4. The van der Waals surface area contributed by atoms with E-state index in [1.807, 2.05) is 0 Å². The minimum atomic E-state index is -3.49. The normalized spacial score (nSPS) is 18.1. The fourth-order valence-corrected chi connectivity index (χ4v) is 5.42. The van der Waals surface area contributed by atoms with Crippen LogP contribution in [0.5, 0.6) is 0 Å². The second-order valence-corrected chi connectivity index (χ2v) is 7.40. The minimum Gasteiger partial charge on any atom is -0.391 e. The number of nitrogens with one attached hydrogen (secondary N) is 1. The van der Waals surface area contributed by atoms with E-state index in [-0.39, 0.29) is 17.5 Å². The molecule has 1 aliphatic carbocycles. The van der Waals surface area contributed by atoms with Gasteiger partial charge in [-0.05, 0) is 30.7 Å². The third-order valence-corrected chi connectivity index (χ3v) is 6.30. The van der Waals surface area contributed by atoms with Gasteiger partial charge < -0.3 is 5.11 Å². The summed E-state index contributed by atoms with van der Waals surface area (Å²) in [5, 5.41) is 11.0. The van der Waals surface area contributed by atoms with E-state index in [1.165, 1.54) is 17.8 Å².